The van der Waals surface area contributed by atoms with Crippen molar-refractivity contribution in [3.63, 3.8) is 0 Å². The molecule has 1 aliphatic rings. The number of aliphatic carboxylic acids is 1. The van der Waals surface area contributed by atoms with Gasteiger partial charge in [-0.15, -0.1) is 0 Å². The molecule has 110 valence electrons. The molecule has 20 heavy (non-hydrogen) atoms. The van der Waals surface area contributed by atoms with Crippen LogP contribution in [0.15, 0.2) is 27.6 Å². The average Bonchev–Trinajstić information content (AvgIpc) is 2.73. The molecule has 2 rings (SSSR count). The first-order valence-corrected chi connectivity index (χ1v) is 7.88. The predicted octanol–water partition coefficient (Wildman–Crippen LogP) is 0.765. The van der Waals surface area contributed by atoms with Gasteiger partial charge in [0.25, 0.3) is 0 Å². The van der Waals surface area contributed by atoms with Crippen LogP contribution in [0.2, 0.25) is 0 Å². The number of hydrogen-bond donors (Lipinski definition) is 2. The third kappa shape index (κ3) is 2.58. The molecular formula is C11H12BrFN2O4S. The molecule has 0 aliphatic carbocycles. The molecule has 1 heterocycles. The molecular weight excluding hydrogens is 355 g/mol. The van der Waals surface area contributed by atoms with E-state index in [1.807, 2.05) is 0 Å². The van der Waals surface area contributed by atoms with Gasteiger partial charge in [-0.2, -0.15) is 4.31 Å². The largest absolute Gasteiger partial charge is 0.480 e. The van der Waals surface area contributed by atoms with Crippen LogP contribution in [0.4, 0.5) is 4.39 Å². The van der Waals surface area contributed by atoms with Crippen molar-refractivity contribution in [3.05, 3.63) is 28.5 Å². The summed E-state index contributed by atoms with van der Waals surface area (Å²) in [6, 6.07) is 3.20. The van der Waals surface area contributed by atoms with E-state index in [1.165, 1.54) is 0 Å². The number of nitrogens with two attached hydrogens (primary N) is 1. The standard InChI is InChI=1S/C11H12BrFN2O4S/c12-8-5-7(13)1-2-9(8)20(18,19)15-4-3-11(14,6-15)10(16)17/h1-2,5H,3-4,6,14H2,(H,16,17). The highest BCUT2D eigenvalue weighted by molar-refractivity contribution is 9.10. The Morgan fingerprint density at radius 1 is 1.50 bits per heavy atom. The number of nitrogens with zero attached hydrogens (tertiary/aromatic N) is 1. The molecule has 0 bridgehead atoms. The van der Waals surface area contributed by atoms with Gasteiger partial charge in [-0.3, -0.25) is 4.79 Å². The fourth-order valence-electron chi connectivity index (χ4n) is 2.00. The van der Waals surface area contributed by atoms with E-state index in [4.69, 9.17) is 10.8 Å². The zero-order chi connectivity index (χ0) is 15.1. The minimum absolute atomic E-state index is 0.00888. The number of hydrogen-bond acceptors (Lipinski definition) is 4. The predicted molar refractivity (Wildman–Crippen MR) is 72.0 cm³/mol. The highest BCUT2D eigenvalue weighted by Crippen LogP contribution is 2.30. The first-order chi connectivity index (χ1) is 9.17. The molecule has 1 aliphatic heterocycles. The number of sulfonamides is 1. The lowest BCUT2D eigenvalue weighted by molar-refractivity contribution is -0.142. The molecule has 9 heteroatoms. The van der Waals surface area contributed by atoms with Gasteiger partial charge in [0.05, 0.1) is 4.90 Å². The lowest BCUT2D eigenvalue weighted by Crippen LogP contribution is -2.50. The van der Waals surface area contributed by atoms with Crippen molar-refractivity contribution >= 4 is 31.9 Å². The van der Waals surface area contributed by atoms with Crippen LogP contribution in [-0.4, -0.2) is 42.4 Å². The van der Waals surface area contributed by atoms with Crippen LogP contribution < -0.4 is 5.73 Å². The zero-order valence-electron chi connectivity index (χ0n) is 10.2. The van der Waals surface area contributed by atoms with Crippen molar-refractivity contribution < 1.29 is 22.7 Å². The van der Waals surface area contributed by atoms with Crippen LogP contribution in [0.3, 0.4) is 0 Å². The Labute approximate surface area is 123 Å². The minimum Gasteiger partial charge on any atom is -0.480 e. The normalized spacial score (nSPS) is 23.9. The summed E-state index contributed by atoms with van der Waals surface area (Å²) in [5.41, 5.74) is 4.07. The summed E-state index contributed by atoms with van der Waals surface area (Å²) in [7, 11) is -3.91. The van der Waals surface area contributed by atoms with Crippen LogP contribution in [0.25, 0.3) is 0 Å². The average molecular weight is 367 g/mol. The molecule has 0 saturated carbocycles. The van der Waals surface area contributed by atoms with Gasteiger partial charge in [0.1, 0.15) is 11.4 Å². The van der Waals surface area contributed by atoms with E-state index in [2.05, 4.69) is 15.9 Å². The van der Waals surface area contributed by atoms with Gasteiger partial charge in [0, 0.05) is 17.6 Å². The second-order valence-electron chi connectivity index (χ2n) is 4.62. The van der Waals surface area contributed by atoms with E-state index in [0.717, 1.165) is 22.5 Å². The first kappa shape index (κ1) is 15.4. The lowest BCUT2D eigenvalue weighted by atomic mass is 10.0. The minimum atomic E-state index is -3.91. The molecule has 1 aromatic carbocycles. The number of halogens is 2. The molecule has 1 aromatic rings. The van der Waals surface area contributed by atoms with Crippen molar-refractivity contribution in [2.24, 2.45) is 5.73 Å². The van der Waals surface area contributed by atoms with Crippen LogP contribution in [0, 0.1) is 5.82 Å². The second-order valence-corrected chi connectivity index (χ2v) is 7.39. The van der Waals surface area contributed by atoms with E-state index in [-0.39, 0.29) is 28.9 Å². The Morgan fingerprint density at radius 3 is 2.65 bits per heavy atom. The molecule has 1 atom stereocenters. The molecule has 0 aromatic heterocycles. The maximum absolute atomic E-state index is 13.0. The van der Waals surface area contributed by atoms with Gasteiger partial charge in [0.15, 0.2) is 0 Å². The fraction of sp³-hybridized carbons (Fsp3) is 0.364. The monoisotopic (exact) mass is 366 g/mol. The number of benzene rings is 1. The third-order valence-electron chi connectivity index (χ3n) is 3.20. The summed E-state index contributed by atoms with van der Waals surface area (Å²) in [6.45, 7) is -0.302. The molecule has 0 spiro atoms. The third-order valence-corrected chi connectivity index (χ3v) is 6.03. The summed E-state index contributed by atoms with van der Waals surface area (Å²) in [4.78, 5) is 10.9. The molecule has 0 radical (unpaired) electrons. The zero-order valence-corrected chi connectivity index (χ0v) is 12.6. The quantitative estimate of drug-likeness (QED) is 0.822. The Balaban J connectivity index is 2.35. The summed E-state index contributed by atoms with van der Waals surface area (Å²) in [6.07, 6.45) is 0.0282. The van der Waals surface area contributed by atoms with Crippen molar-refractivity contribution in [2.45, 2.75) is 16.9 Å². The summed E-state index contributed by atoms with van der Waals surface area (Å²) >= 11 is 2.99. The van der Waals surface area contributed by atoms with Crippen molar-refractivity contribution in [1.82, 2.24) is 4.31 Å². The van der Waals surface area contributed by atoms with Crippen LogP contribution >= 0.6 is 15.9 Å². The van der Waals surface area contributed by atoms with E-state index < -0.39 is 27.3 Å². The van der Waals surface area contributed by atoms with Crippen LogP contribution in [0.5, 0.6) is 0 Å². The van der Waals surface area contributed by atoms with Gasteiger partial charge in [-0.25, -0.2) is 12.8 Å². The van der Waals surface area contributed by atoms with Crippen molar-refractivity contribution in [3.8, 4) is 0 Å². The molecule has 3 N–H and O–H groups in total. The summed E-state index contributed by atoms with van der Waals surface area (Å²) in [5, 5.41) is 9.01. The first-order valence-electron chi connectivity index (χ1n) is 5.64. The second kappa shape index (κ2) is 5.06. The van der Waals surface area contributed by atoms with Gasteiger partial charge in [-0.1, -0.05) is 0 Å². The van der Waals surface area contributed by atoms with Gasteiger partial charge >= 0.3 is 5.97 Å². The molecule has 1 fully saturated rings. The fourth-order valence-corrected chi connectivity index (χ4v) is 4.52. The Hall–Kier alpha value is -1.03. The smallest absolute Gasteiger partial charge is 0.325 e. The van der Waals surface area contributed by atoms with Crippen LogP contribution in [-0.2, 0) is 14.8 Å². The molecule has 1 unspecified atom stereocenters. The van der Waals surface area contributed by atoms with Crippen LogP contribution in [0.1, 0.15) is 6.42 Å². The lowest BCUT2D eigenvalue weighted by Gasteiger charge is -2.20. The van der Waals surface area contributed by atoms with Gasteiger partial charge in [0.2, 0.25) is 10.0 Å². The van der Waals surface area contributed by atoms with E-state index in [1.54, 1.807) is 0 Å². The topological polar surface area (TPSA) is 101 Å². The maximum Gasteiger partial charge on any atom is 0.325 e. The highest BCUT2D eigenvalue weighted by atomic mass is 79.9. The Kier molecular flexibility index (Phi) is 3.89. The Bertz CT molecular complexity index is 666. The molecule has 6 nitrogen and oxygen atoms in total. The van der Waals surface area contributed by atoms with Crippen molar-refractivity contribution in [2.75, 3.05) is 13.1 Å². The van der Waals surface area contributed by atoms with Crippen molar-refractivity contribution in [1.29, 1.82) is 0 Å². The van der Waals surface area contributed by atoms with Gasteiger partial charge in [-0.05, 0) is 40.5 Å². The number of carboxylic acids is 1. The van der Waals surface area contributed by atoms with Gasteiger partial charge < -0.3 is 10.8 Å². The Morgan fingerprint density at radius 2 is 2.15 bits per heavy atom. The number of rotatable bonds is 3. The highest BCUT2D eigenvalue weighted by Gasteiger charge is 2.45. The number of carbonyl (C=O) groups is 1. The van der Waals surface area contributed by atoms with E-state index in [9.17, 15) is 17.6 Å². The molecule has 1 saturated heterocycles. The maximum atomic E-state index is 13.0. The summed E-state index contributed by atoms with van der Waals surface area (Å²) in [5.74, 6) is -1.82. The summed E-state index contributed by atoms with van der Waals surface area (Å²) < 4.78 is 38.9. The van der Waals surface area contributed by atoms with E-state index in [0.29, 0.717) is 0 Å². The SMILES string of the molecule is NC1(C(=O)O)CCN(S(=O)(=O)c2ccc(F)cc2Br)C1. The number of carboxylic acid groups (broad SMARTS) is 1. The van der Waals surface area contributed by atoms with E-state index >= 15 is 0 Å². The molecule has 0 amide bonds.